The van der Waals surface area contributed by atoms with Crippen molar-refractivity contribution in [3.8, 4) is 0 Å². The summed E-state index contributed by atoms with van der Waals surface area (Å²) in [6.45, 7) is -0.760. The molecule has 4 atom stereocenters. The number of carbonyl (C=O) groups excluding carboxylic acids is 1. The van der Waals surface area contributed by atoms with E-state index in [1.54, 1.807) is 0 Å². The van der Waals surface area contributed by atoms with Gasteiger partial charge in [-0.05, 0) is 0 Å². The minimum Gasteiger partial charge on any atom is -0.465 e. The van der Waals surface area contributed by atoms with Crippen LogP contribution in [0.5, 0.6) is 0 Å². The number of carboxylic acid groups (broad SMARTS) is 1. The first-order chi connectivity index (χ1) is 7.27. The smallest absolute Gasteiger partial charge is 0.402 e. The molecule has 0 rings (SSSR count). The zero-order valence-electron chi connectivity index (χ0n) is 8.17. The SMILES string of the molecule is NC(=O)O.O=C[C@H](O)[C@@H](O)[C@H](O)[C@H](O)CO. The van der Waals surface area contributed by atoms with E-state index in [9.17, 15) is 4.79 Å². The Kier molecular flexibility index (Phi) is 9.65. The van der Waals surface area contributed by atoms with Gasteiger partial charge >= 0.3 is 6.09 Å². The molecule has 0 saturated carbocycles. The molecule has 0 aliphatic rings. The summed E-state index contributed by atoms with van der Waals surface area (Å²) in [5.74, 6) is 0. The lowest BCUT2D eigenvalue weighted by atomic mass is 10.0. The Morgan fingerprint density at radius 2 is 1.56 bits per heavy atom. The maximum atomic E-state index is 9.90. The van der Waals surface area contributed by atoms with Gasteiger partial charge in [-0.1, -0.05) is 0 Å². The number of carbonyl (C=O) groups is 2. The molecule has 0 heterocycles. The summed E-state index contributed by atoms with van der Waals surface area (Å²) in [4.78, 5) is 18.7. The third kappa shape index (κ3) is 8.08. The first-order valence-electron chi connectivity index (χ1n) is 4.04. The summed E-state index contributed by atoms with van der Waals surface area (Å²) in [5.41, 5.74) is 4.03. The fourth-order valence-corrected chi connectivity index (χ4v) is 0.618. The van der Waals surface area contributed by atoms with Gasteiger partial charge < -0.3 is 41.2 Å². The molecule has 96 valence electrons. The zero-order chi connectivity index (χ0) is 13.3. The highest BCUT2D eigenvalue weighted by Crippen LogP contribution is 2.02. The molecule has 0 aromatic carbocycles. The number of nitrogens with two attached hydrogens (primary N) is 1. The van der Waals surface area contributed by atoms with Crippen LogP contribution in [0.15, 0.2) is 0 Å². The van der Waals surface area contributed by atoms with Gasteiger partial charge in [0.2, 0.25) is 0 Å². The average molecular weight is 241 g/mol. The molecule has 0 unspecified atom stereocenters. The molecule has 1 amide bonds. The normalized spacial score (nSPS) is 17.3. The van der Waals surface area contributed by atoms with Crippen molar-refractivity contribution >= 4 is 12.4 Å². The number of rotatable bonds is 5. The lowest BCUT2D eigenvalue weighted by Gasteiger charge is -2.22. The summed E-state index contributed by atoms with van der Waals surface area (Å²) >= 11 is 0. The maximum Gasteiger partial charge on any atom is 0.402 e. The number of hydrogen-bond acceptors (Lipinski definition) is 7. The largest absolute Gasteiger partial charge is 0.465 e. The van der Waals surface area contributed by atoms with Gasteiger partial charge in [-0.15, -0.1) is 0 Å². The molecular formula is C7H15NO8. The number of aliphatic hydroxyl groups excluding tert-OH is 5. The topological polar surface area (TPSA) is 182 Å². The predicted molar refractivity (Wildman–Crippen MR) is 49.4 cm³/mol. The number of aliphatic hydroxyl groups is 5. The van der Waals surface area contributed by atoms with Crippen LogP contribution in [0.2, 0.25) is 0 Å². The molecule has 0 aliphatic carbocycles. The van der Waals surface area contributed by atoms with Crippen LogP contribution in [0.1, 0.15) is 0 Å². The van der Waals surface area contributed by atoms with E-state index in [4.69, 9.17) is 35.4 Å². The predicted octanol–water partition coefficient (Wildman–Crippen LogP) is -3.76. The highest BCUT2D eigenvalue weighted by molar-refractivity contribution is 5.61. The van der Waals surface area contributed by atoms with Crippen molar-refractivity contribution in [3.63, 3.8) is 0 Å². The monoisotopic (exact) mass is 241 g/mol. The lowest BCUT2D eigenvalue weighted by Crippen LogP contribution is -2.46. The molecule has 0 spiro atoms. The van der Waals surface area contributed by atoms with Crippen molar-refractivity contribution < 1.29 is 40.2 Å². The minimum atomic E-state index is -1.79. The van der Waals surface area contributed by atoms with Gasteiger partial charge in [0.15, 0.2) is 6.29 Å². The lowest BCUT2D eigenvalue weighted by molar-refractivity contribution is -0.136. The Morgan fingerprint density at radius 3 is 1.81 bits per heavy atom. The van der Waals surface area contributed by atoms with E-state index in [1.165, 1.54) is 0 Å². The number of primary amides is 1. The van der Waals surface area contributed by atoms with Gasteiger partial charge in [0.05, 0.1) is 6.61 Å². The van der Waals surface area contributed by atoms with Gasteiger partial charge in [0.25, 0.3) is 0 Å². The molecule has 0 aliphatic heterocycles. The molecule has 0 aromatic heterocycles. The molecule has 0 saturated heterocycles. The van der Waals surface area contributed by atoms with E-state index < -0.39 is 37.1 Å². The van der Waals surface area contributed by atoms with E-state index in [-0.39, 0.29) is 6.29 Å². The van der Waals surface area contributed by atoms with Crippen molar-refractivity contribution in [2.75, 3.05) is 6.61 Å². The molecular weight excluding hydrogens is 226 g/mol. The number of amides is 1. The van der Waals surface area contributed by atoms with Crippen molar-refractivity contribution in [3.05, 3.63) is 0 Å². The van der Waals surface area contributed by atoms with Crippen molar-refractivity contribution in [2.45, 2.75) is 24.4 Å². The molecule has 0 fully saturated rings. The van der Waals surface area contributed by atoms with Gasteiger partial charge in [0.1, 0.15) is 24.4 Å². The Bertz CT molecular complexity index is 207. The van der Waals surface area contributed by atoms with Crippen LogP contribution in [0.3, 0.4) is 0 Å². The van der Waals surface area contributed by atoms with Crippen molar-refractivity contribution in [1.82, 2.24) is 0 Å². The van der Waals surface area contributed by atoms with E-state index in [2.05, 4.69) is 5.73 Å². The zero-order valence-corrected chi connectivity index (χ0v) is 8.17. The quantitative estimate of drug-likeness (QED) is 0.239. The Labute approximate surface area is 90.4 Å². The summed E-state index contributed by atoms with van der Waals surface area (Å²) in [7, 11) is 0. The van der Waals surface area contributed by atoms with Crippen molar-refractivity contribution in [1.29, 1.82) is 0 Å². The van der Waals surface area contributed by atoms with Gasteiger partial charge in [-0.25, -0.2) is 4.79 Å². The standard InChI is InChI=1S/C6H12O6.CH3NO2/c7-1-3(9)5(11)6(12)4(10)2-8;2-1(3)4/h1,3-6,8-12H,2H2;2H2,(H,3,4)/t3-,4+,5+,6+;/m0./s1. The second-order valence-electron chi connectivity index (χ2n) is 2.70. The van der Waals surface area contributed by atoms with Crippen LogP contribution in [0.25, 0.3) is 0 Å². The summed E-state index contributed by atoms with van der Waals surface area (Å²) in [6.07, 6.45) is -8.17. The molecule has 0 bridgehead atoms. The fourth-order valence-electron chi connectivity index (χ4n) is 0.618. The van der Waals surface area contributed by atoms with Crippen LogP contribution >= 0.6 is 0 Å². The highest BCUT2D eigenvalue weighted by atomic mass is 16.4. The van der Waals surface area contributed by atoms with Gasteiger partial charge in [-0.2, -0.15) is 0 Å². The van der Waals surface area contributed by atoms with Crippen molar-refractivity contribution in [2.24, 2.45) is 5.73 Å². The Morgan fingerprint density at radius 1 is 1.19 bits per heavy atom. The summed E-state index contributed by atoms with van der Waals surface area (Å²) < 4.78 is 0. The minimum absolute atomic E-state index is 0.0258. The van der Waals surface area contributed by atoms with Crippen LogP contribution < -0.4 is 5.73 Å². The maximum absolute atomic E-state index is 9.90. The third-order valence-electron chi connectivity index (χ3n) is 1.42. The average Bonchev–Trinajstić information content (AvgIpc) is 2.24. The summed E-state index contributed by atoms with van der Waals surface area (Å²) in [5, 5.41) is 50.7. The Hall–Kier alpha value is -1.26. The van der Waals surface area contributed by atoms with E-state index in [0.29, 0.717) is 0 Å². The van der Waals surface area contributed by atoms with E-state index in [1.807, 2.05) is 0 Å². The van der Waals surface area contributed by atoms with Crippen LogP contribution in [0.4, 0.5) is 4.79 Å². The Balaban J connectivity index is 0. The third-order valence-corrected chi connectivity index (χ3v) is 1.42. The van der Waals surface area contributed by atoms with Gasteiger partial charge in [0, 0.05) is 0 Å². The molecule has 0 radical (unpaired) electrons. The van der Waals surface area contributed by atoms with E-state index in [0.717, 1.165) is 0 Å². The van der Waals surface area contributed by atoms with Crippen LogP contribution in [-0.2, 0) is 4.79 Å². The second-order valence-corrected chi connectivity index (χ2v) is 2.70. The second kappa shape index (κ2) is 9.00. The molecule has 0 aromatic rings. The highest BCUT2D eigenvalue weighted by Gasteiger charge is 2.29. The number of aldehydes is 1. The number of hydrogen-bond donors (Lipinski definition) is 7. The first-order valence-corrected chi connectivity index (χ1v) is 4.04. The summed E-state index contributed by atoms with van der Waals surface area (Å²) in [6, 6.07) is 0. The van der Waals surface area contributed by atoms with Crippen LogP contribution in [-0.4, -0.2) is 74.0 Å². The van der Waals surface area contributed by atoms with E-state index >= 15 is 0 Å². The molecule has 9 heteroatoms. The first kappa shape index (κ1) is 17.1. The fraction of sp³-hybridized carbons (Fsp3) is 0.714. The molecule has 8 N–H and O–H groups in total. The van der Waals surface area contributed by atoms with Gasteiger partial charge in [-0.3, -0.25) is 0 Å². The molecule has 16 heavy (non-hydrogen) atoms. The van der Waals surface area contributed by atoms with Crippen LogP contribution in [0, 0.1) is 0 Å². The molecule has 9 nitrogen and oxygen atoms in total.